The molecule has 1 aromatic heterocycles. The Balaban J connectivity index is 1.38. The fraction of sp³-hybridized carbons (Fsp3) is 0.467. The number of fused-ring (bicyclic) bond motifs is 5. The lowest BCUT2D eigenvalue weighted by Gasteiger charge is -2.48. The Morgan fingerprint density at radius 1 is 0.977 bits per heavy atom. The molecule has 0 bridgehead atoms. The van der Waals surface area contributed by atoms with Gasteiger partial charge in [0.1, 0.15) is 54.3 Å². The van der Waals surface area contributed by atoms with E-state index in [1.807, 2.05) is 0 Å². The first kappa shape index (κ1) is 29.0. The Hall–Kier alpha value is -3.76. The van der Waals surface area contributed by atoms with Crippen LogP contribution in [0.15, 0.2) is 53.3 Å². The number of aliphatic hydroxyl groups excluding tert-OH is 4. The van der Waals surface area contributed by atoms with E-state index in [1.54, 1.807) is 62.4 Å². The van der Waals surface area contributed by atoms with E-state index in [4.69, 9.17) is 4.74 Å². The molecule has 14 nitrogen and oxygen atoms in total. The number of nitrogens with one attached hydrogen (secondary N) is 1. The molecule has 4 aliphatic heterocycles. The van der Waals surface area contributed by atoms with E-state index in [2.05, 4.69) is 10.3 Å². The summed E-state index contributed by atoms with van der Waals surface area (Å²) in [5, 5.41) is 57.8. The van der Waals surface area contributed by atoms with Crippen LogP contribution in [0.3, 0.4) is 0 Å². The van der Waals surface area contributed by atoms with Crippen molar-refractivity contribution in [2.75, 3.05) is 11.5 Å². The number of carbonyl (C=O) groups is 2. The van der Waals surface area contributed by atoms with Crippen LogP contribution in [0.5, 0.6) is 0 Å². The Bertz CT molecular complexity index is 1730. The maximum atomic E-state index is 13.9. The molecular formula is C30H33N5O9. The van der Waals surface area contributed by atoms with Crippen molar-refractivity contribution in [3.63, 3.8) is 0 Å². The highest BCUT2D eigenvalue weighted by Gasteiger charge is 2.65. The molecule has 0 aliphatic carbocycles. The van der Waals surface area contributed by atoms with Gasteiger partial charge in [-0.2, -0.15) is 0 Å². The first-order valence-corrected chi connectivity index (χ1v) is 14.5. The predicted octanol–water partition coefficient (Wildman–Crippen LogP) is -1.42. The Morgan fingerprint density at radius 2 is 1.68 bits per heavy atom. The molecule has 2 aromatic carbocycles. The molecular weight excluding hydrogens is 574 g/mol. The monoisotopic (exact) mass is 607 g/mol. The lowest BCUT2D eigenvalue weighted by molar-refractivity contribution is -0.277. The lowest BCUT2D eigenvalue weighted by atomic mass is 9.84. The van der Waals surface area contributed by atoms with Gasteiger partial charge >= 0.3 is 0 Å². The van der Waals surface area contributed by atoms with Gasteiger partial charge in [0, 0.05) is 12.0 Å². The van der Waals surface area contributed by atoms with E-state index in [-0.39, 0.29) is 6.42 Å². The molecule has 2 amide bonds. The van der Waals surface area contributed by atoms with Crippen molar-refractivity contribution in [1.82, 2.24) is 19.8 Å². The number of ether oxygens (including phenoxy) is 1. The highest BCUT2D eigenvalue weighted by molar-refractivity contribution is 6.02. The van der Waals surface area contributed by atoms with Crippen LogP contribution in [0, 0.1) is 0 Å². The summed E-state index contributed by atoms with van der Waals surface area (Å²) in [6, 6.07) is 10.6. The summed E-state index contributed by atoms with van der Waals surface area (Å²) >= 11 is 0. The van der Waals surface area contributed by atoms with Crippen molar-refractivity contribution in [3.8, 4) is 0 Å². The smallest absolute Gasteiger partial charge is 0.262 e. The standard InChI is InChI=1S/C30H33N5O9/c1-13-24-32-17-9-5-3-7-15(17)27(42)34(24)19(25(40)31-13)11-30(43)16-8-4-6-10-18(16)35-26(41)14(2)33(29(30)35)28-23(39)22(38)21(37)20(12-36)44-28/h3-10,13-14,19-23,28-29,36-39,43H,11-12H2,1-2H3,(H,31,40). The zero-order valence-electron chi connectivity index (χ0n) is 23.9. The molecule has 0 radical (unpaired) electrons. The number of aromatic nitrogens is 2. The molecule has 4 aliphatic rings. The van der Waals surface area contributed by atoms with E-state index < -0.39 is 84.5 Å². The molecule has 2 saturated heterocycles. The van der Waals surface area contributed by atoms with E-state index >= 15 is 0 Å². The van der Waals surface area contributed by atoms with Gasteiger partial charge in [0.2, 0.25) is 11.8 Å². The topological polar surface area (TPSA) is 198 Å². The predicted molar refractivity (Wildman–Crippen MR) is 153 cm³/mol. The van der Waals surface area contributed by atoms with Crippen LogP contribution in [-0.2, 0) is 19.9 Å². The number of rotatable bonds is 4. The summed E-state index contributed by atoms with van der Waals surface area (Å²) < 4.78 is 7.16. The minimum Gasteiger partial charge on any atom is -0.394 e. The van der Waals surface area contributed by atoms with Crippen LogP contribution in [-0.4, -0.2) is 101 Å². The second-order valence-electron chi connectivity index (χ2n) is 12.0. The van der Waals surface area contributed by atoms with Gasteiger partial charge in [-0.05, 0) is 32.0 Å². The molecule has 232 valence electrons. The third-order valence-corrected chi connectivity index (χ3v) is 9.49. The summed E-state index contributed by atoms with van der Waals surface area (Å²) in [5.74, 6) is -0.653. The van der Waals surface area contributed by atoms with Crippen molar-refractivity contribution in [2.45, 2.75) is 80.8 Å². The average molecular weight is 608 g/mol. The van der Waals surface area contributed by atoms with Crippen molar-refractivity contribution in [1.29, 1.82) is 0 Å². The number of amides is 2. The van der Waals surface area contributed by atoms with E-state index in [0.717, 1.165) is 0 Å². The van der Waals surface area contributed by atoms with Crippen LogP contribution in [0.25, 0.3) is 10.9 Å². The Labute approximate surface area is 250 Å². The van der Waals surface area contributed by atoms with Gasteiger partial charge in [-0.1, -0.05) is 30.3 Å². The summed E-state index contributed by atoms with van der Waals surface area (Å²) in [6.45, 7) is 2.58. The lowest BCUT2D eigenvalue weighted by Crippen LogP contribution is -2.67. The number of anilines is 1. The molecule has 6 N–H and O–H groups in total. The van der Waals surface area contributed by atoms with Crippen LogP contribution < -0.4 is 15.8 Å². The highest BCUT2D eigenvalue weighted by Crippen LogP contribution is 2.53. The molecule has 0 spiro atoms. The quantitative estimate of drug-likeness (QED) is 0.204. The number of hydrogen-bond donors (Lipinski definition) is 6. The summed E-state index contributed by atoms with van der Waals surface area (Å²) in [4.78, 5) is 48.8. The number of hydrogen-bond acceptors (Lipinski definition) is 11. The van der Waals surface area contributed by atoms with Gasteiger partial charge in [0.05, 0.1) is 35.3 Å². The molecule has 7 rings (SSSR count). The minimum absolute atomic E-state index is 0.302. The van der Waals surface area contributed by atoms with Gasteiger partial charge in [-0.15, -0.1) is 0 Å². The first-order valence-electron chi connectivity index (χ1n) is 14.5. The molecule has 10 atom stereocenters. The first-order chi connectivity index (χ1) is 21.0. The van der Waals surface area contributed by atoms with Crippen molar-refractivity contribution >= 4 is 28.4 Å². The normalized spacial score (nSPS) is 36.7. The molecule has 10 unspecified atom stereocenters. The van der Waals surface area contributed by atoms with Crippen molar-refractivity contribution < 1.29 is 39.9 Å². The van der Waals surface area contributed by atoms with Crippen LogP contribution in [0.4, 0.5) is 5.69 Å². The summed E-state index contributed by atoms with van der Waals surface area (Å²) in [6.07, 6.45) is -9.42. The second-order valence-corrected chi connectivity index (χ2v) is 12.0. The second kappa shape index (κ2) is 10.1. The summed E-state index contributed by atoms with van der Waals surface area (Å²) in [5.41, 5.74) is -1.32. The van der Waals surface area contributed by atoms with E-state index in [9.17, 15) is 39.9 Å². The third kappa shape index (κ3) is 3.86. The molecule has 5 heterocycles. The maximum Gasteiger partial charge on any atom is 0.262 e. The highest BCUT2D eigenvalue weighted by atomic mass is 16.6. The van der Waals surface area contributed by atoms with Crippen molar-refractivity contribution in [3.05, 3.63) is 70.3 Å². The van der Waals surface area contributed by atoms with Gasteiger partial charge in [0.15, 0.2) is 0 Å². The van der Waals surface area contributed by atoms with Crippen molar-refractivity contribution in [2.24, 2.45) is 0 Å². The van der Waals surface area contributed by atoms with Crippen LogP contribution in [0.2, 0.25) is 0 Å². The third-order valence-electron chi connectivity index (χ3n) is 9.49. The number of aliphatic hydroxyl groups is 5. The average Bonchev–Trinajstić information content (AvgIpc) is 3.43. The molecule has 14 heteroatoms. The Morgan fingerprint density at radius 3 is 2.43 bits per heavy atom. The van der Waals surface area contributed by atoms with E-state index in [1.165, 1.54) is 14.4 Å². The number of benzene rings is 2. The number of para-hydroxylation sites is 2. The maximum absolute atomic E-state index is 13.9. The fourth-order valence-corrected chi connectivity index (χ4v) is 7.34. The fourth-order valence-electron chi connectivity index (χ4n) is 7.34. The van der Waals surface area contributed by atoms with Crippen LogP contribution >= 0.6 is 0 Å². The molecule has 3 aromatic rings. The van der Waals surface area contributed by atoms with Gasteiger partial charge in [0.25, 0.3) is 5.56 Å². The zero-order chi connectivity index (χ0) is 31.2. The molecule has 0 saturated carbocycles. The number of carbonyl (C=O) groups excluding carboxylic acids is 2. The summed E-state index contributed by atoms with van der Waals surface area (Å²) in [7, 11) is 0. The molecule has 2 fully saturated rings. The molecule has 44 heavy (non-hydrogen) atoms. The zero-order valence-corrected chi connectivity index (χ0v) is 23.9. The van der Waals surface area contributed by atoms with Gasteiger partial charge in [-0.25, -0.2) is 9.88 Å². The largest absolute Gasteiger partial charge is 0.394 e. The van der Waals surface area contributed by atoms with Gasteiger partial charge < -0.3 is 35.6 Å². The Kier molecular flexibility index (Phi) is 6.68. The minimum atomic E-state index is -2.01. The van der Waals surface area contributed by atoms with Crippen LogP contribution in [0.1, 0.15) is 43.7 Å². The van der Waals surface area contributed by atoms with Gasteiger partial charge in [-0.3, -0.25) is 23.9 Å². The van der Waals surface area contributed by atoms with E-state index in [0.29, 0.717) is 28.0 Å². The number of nitrogens with zero attached hydrogens (tertiary/aromatic N) is 4. The SMILES string of the molecule is CC1NC(=O)C(CC2(O)c3ccccc3N3C(=O)C(C)N(C4OC(CO)C(O)C(O)C4O)C32)n2c1nc1ccccc1c2=O.